The number of aromatic amines is 1. The topological polar surface area (TPSA) is 468 Å². The molecule has 1 atom stereocenters. The van der Waals surface area contributed by atoms with Crippen molar-refractivity contribution in [3.05, 3.63) is 294 Å². The Bertz CT molecular complexity index is 6360. The molecule has 7 aromatic carbocycles. The van der Waals surface area contributed by atoms with Gasteiger partial charge in [0, 0.05) is 91.1 Å². The van der Waals surface area contributed by atoms with Gasteiger partial charge in [-0.3, -0.25) is 19.2 Å². The lowest BCUT2D eigenvalue weighted by Gasteiger charge is -2.30. The van der Waals surface area contributed by atoms with Crippen LogP contribution >= 0.6 is 0 Å². The molecule has 4 aromatic heterocycles. The Balaban J connectivity index is 0.000000209. The van der Waals surface area contributed by atoms with Crippen molar-refractivity contribution in [3.8, 4) is 45.0 Å². The number of morpholine rings is 3. The minimum absolute atomic E-state index is 0.0113. The lowest BCUT2D eigenvalue weighted by Crippen LogP contribution is -2.45. The first kappa shape index (κ1) is 112. The molecule has 8 N–H and O–H groups in total. The van der Waals surface area contributed by atoms with Gasteiger partial charge in [-0.25, -0.2) is 89.8 Å². The first-order valence-electron chi connectivity index (χ1n) is 45.2. The summed E-state index contributed by atoms with van der Waals surface area (Å²) in [5, 5.41) is 14.5. The zero-order valence-electron chi connectivity index (χ0n) is 80.8. The van der Waals surface area contributed by atoms with Gasteiger partial charge in [-0.1, -0.05) is 109 Å². The number of ketones is 1. The molecule has 35 nitrogen and oxygen atoms in total. The number of benzene rings is 7. The second-order valence-corrected chi connectivity index (χ2v) is 31.4. The number of H-pyrrole nitrogens is 1. The molecular formula is C102H112F6N16O19. The molecule has 143 heavy (non-hydrogen) atoms. The smallest absolute Gasteiger partial charge is 0.345 e. The number of aryl methyl sites for hydroxylation is 4. The number of amides is 5. The molecule has 0 spiro atoms. The standard InChI is InChI=1S/C26H29FN4O2.C18H20FN3O3.C16H16FN3O3.C14H15FN2O3.C14H13FN2O3.C7H5FO.C6H10O3.CH4N2O/c1-18(2)31(17-20-9-5-4-6-10-20)25(32)23-19(3)28-26(30-13-15-33-16-14-30)29-24(23)21-11-7-8-12-22(21)27;1-3-25-17(23)15-12(2)20-18(22-8-10-24-11-9-22)21-16(15)13-6-4-5-7-14(13)19;1-10-13(15(21)22)14(11-4-2-3-5-12(11)17)19-16(18-10)20-6-8-23-9-7-20;2*1-3-20-13(18)11-8(2)16-14(19)17-12(11)9-6-4-5-7-10(9)15;8-7-4-2-1-3-6(7)5-9;1-3-9-6(8)4-5(2)7;2-1(3)4/h4-12,18H,13-17H2,1-3H3;4-7H,3,8-11H2,1-2H3;2-5H,6-9H2,1H3,(H,21,22);4-7,12H,3H2,1-2H3,(H2,16,17,19);4-7H,3H2,1-2H3,(H,16,17,19);1-5H;3-4H2,1-2H3;(H4,2,3,4). The highest BCUT2D eigenvalue weighted by Crippen LogP contribution is 2.36. The van der Waals surface area contributed by atoms with E-state index < -0.39 is 88.5 Å². The van der Waals surface area contributed by atoms with E-state index in [4.69, 9.17) is 38.2 Å². The molecule has 5 amide bonds. The van der Waals surface area contributed by atoms with Crippen LogP contribution in [0.3, 0.4) is 0 Å². The summed E-state index contributed by atoms with van der Waals surface area (Å²) in [5.41, 5.74) is 13.4. The van der Waals surface area contributed by atoms with Crippen molar-refractivity contribution in [3.63, 3.8) is 0 Å². The predicted molar refractivity (Wildman–Crippen MR) is 519 cm³/mol. The SMILES string of the molecule is CCOC(=O)C1=C(C)NC(=O)NC1c1ccccc1F.CCOC(=O)CC(C)=O.CCOC(=O)c1c(-c2ccccc2F)nc(=O)[nH]c1C.CCOC(=O)c1c(C)nc(N2CCOCC2)nc1-c1ccccc1F.Cc1nc(N2CCOCC2)nc(-c2ccccc2F)c1C(=O)N(Cc1ccccc1)C(C)C.Cc1nc(N2CCOCC2)nc(-c2ccccc2F)c1C(=O)O.NC(N)=O.O=Cc1ccccc1F. The molecule has 11 aromatic rings. The van der Waals surface area contributed by atoms with E-state index in [9.17, 15) is 79.4 Å². The summed E-state index contributed by atoms with van der Waals surface area (Å²) < 4.78 is 119. The number of primary amides is 2. The van der Waals surface area contributed by atoms with Gasteiger partial charge in [0.2, 0.25) is 17.8 Å². The number of allylic oxidation sites excluding steroid dienone is 1. The number of esters is 4. The Morgan fingerprint density at radius 3 is 1.21 bits per heavy atom. The lowest BCUT2D eigenvalue weighted by molar-refractivity contribution is -0.145. The van der Waals surface area contributed by atoms with Crippen molar-refractivity contribution < 1.29 is 113 Å². The van der Waals surface area contributed by atoms with Crippen LogP contribution in [0.4, 0.5) is 53.8 Å². The number of rotatable bonds is 23. The van der Waals surface area contributed by atoms with Crippen molar-refractivity contribution in [1.82, 2.24) is 55.4 Å². The van der Waals surface area contributed by atoms with Crippen LogP contribution < -0.4 is 42.5 Å². The number of nitrogens with two attached hydrogens (primary N) is 2. The molecule has 0 radical (unpaired) electrons. The van der Waals surface area contributed by atoms with E-state index in [-0.39, 0.29) is 111 Å². The molecule has 3 saturated heterocycles. The fourth-order valence-corrected chi connectivity index (χ4v) is 14.3. The molecule has 756 valence electrons. The van der Waals surface area contributed by atoms with Gasteiger partial charge >= 0.3 is 47.6 Å². The highest BCUT2D eigenvalue weighted by Gasteiger charge is 2.36. The van der Waals surface area contributed by atoms with Gasteiger partial charge in [0.1, 0.15) is 63.8 Å². The molecular weight excluding hydrogens is 1870 g/mol. The minimum atomic E-state index is -1.17. The summed E-state index contributed by atoms with van der Waals surface area (Å²) in [6.07, 6.45) is 0.392. The highest BCUT2D eigenvalue weighted by atomic mass is 19.1. The number of ether oxygens (including phenoxy) is 7. The number of nitrogens with zero attached hydrogens (tertiary/aromatic N) is 11. The molecule has 15 rings (SSSR count). The van der Waals surface area contributed by atoms with Crippen LogP contribution in [0, 0.1) is 62.6 Å². The number of Topliss-reactive ketones (excluding diaryl/α,β-unsaturated/α-hetero) is 1. The summed E-state index contributed by atoms with van der Waals surface area (Å²) in [5.74, 6) is -5.30. The quantitative estimate of drug-likeness (QED) is 0.0114. The van der Waals surface area contributed by atoms with E-state index in [2.05, 4.69) is 61.7 Å². The van der Waals surface area contributed by atoms with Gasteiger partial charge < -0.3 is 84.9 Å². The van der Waals surface area contributed by atoms with Crippen molar-refractivity contribution in [2.24, 2.45) is 11.5 Å². The Morgan fingerprint density at radius 1 is 0.469 bits per heavy atom. The third-order valence-corrected chi connectivity index (χ3v) is 20.9. The number of carbonyl (C=O) groups excluding carboxylic acids is 9. The van der Waals surface area contributed by atoms with E-state index in [1.807, 2.05) is 58.9 Å². The molecule has 4 aliphatic rings. The molecule has 0 saturated carbocycles. The fourth-order valence-electron chi connectivity index (χ4n) is 14.3. The maximum Gasteiger partial charge on any atom is 0.345 e. The number of urea groups is 2. The Morgan fingerprint density at radius 2 is 0.825 bits per heavy atom. The number of anilines is 3. The Hall–Kier alpha value is -16.0. The van der Waals surface area contributed by atoms with Crippen LogP contribution in [-0.2, 0) is 54.1 Å². The van der Waals surface area contributed by atoms with Crippen LogP contribution in [0.1, 0.15) is 154 Å². The third-order valence-electron chi connectivity index (χ3n) is 20.9. The van der Waals surface area contributed by atoms with E-state index in [1.165, 1.54) is 73.7 Å². The van der Waals surface area contributed by atoms with Crippen LogP contribution in [0.15, 0.2) is 192 Å². The van der Waals surface area contributed by atoms with Crippen LogP contribution in [-0.4, -0.2) is 221 Å². The second kappa shape index (κ2) is 56.3. The number of aldehydes is 1. The maximum absolute atomic E-state index is 14.9. The summed E-state index contributed by atoms with van der Waals surface area (Å²) in [7, 11) is 0. The van der Waals surface area contributed by atoms with Gasteiger partial charge in [-0.2, -0.15) is 4.98 Å². The van der Waals surface area contributed by atoms with E-state index in [1.54, 1.807) is 146 Å². The van der Waals surface area contributed by atoms with Crippen LogP contribution in [0.5, 0.6) is 0 Å². The number of carbonyl (C=O) groups is 10. The number of halogens is 6. The van der Waals surface area contributed by atoms with Crippen LogP contribution in [0.2, 0.25) is 0 Å². The van der Waals surface area contributed by atoms with E-state index >= 15 is 0 Å². The van der Waals surface area contributed by atoms with Gasteiger partial charge in [-0.15, -0.1) is 0 Å². The van der Waals surface area contributed by atoms with E-state index in [0.29, 0.717) is 161 Å². The van der Waals surface area contributed by atoms with Gasteiger partial charge in [0.15, 0.2) is 6.29 Å². The van der Waals surface area contributed by atoms with Gasteiger partial charge in [-0.05, 0) is 155 Å². The molecule has 1 unspecified atom stereocenters. The molecule has 4 aliphatic heterocycles. The van der Waals surface area contributed by atoms with Gasteiger partial charge in [0.25, 0.3) is 5.91 Å². The molecule has 41 heteroatoms. The predicted octanol–water partition coefficient (Wildman–Crippen LogP) is 14.5. The number of aromatic nitrogens is 8. The summed E-state index contributed by atoms with van der Waals surface area (Å²) in [4.78, 5) is 165. The number of nitrogens with one attached hydrogen (secondary N) is 3. The minimum Gasteiger partial charge on any atom is -0.478 e. The van der Waals surface area contributed by atoms with Crippen molar-refractivity contribution in [2.75, 3.05) is 120 Å². The fraction of sp³-hybridized carbons (Fsp3) is 0.314. The first-order valence-corrected chi connectivity index (χ1v) is 45.2. The number of aromatic carboxylic acids is 1. The second-order valence-electron chi connectivity index (χ2n) is 31.4. The van der Waals surface area contributed by atoms with Gasteiger partial charge in [0.05, 0.1) is 129 Å². The highest BCUT2D eigenvalue weighted by molar-refractivity contribution is 6.02. The maximum atomic E-state index is 14.9. The zero-order valence-corrected chi connectivity index (χ0v) is 80.8. The summed E-state index contributed by atoms with van der Waals surface area (Å²) in [6, 6.07) is 43.9. The average molecular weight is 1980 g/mol. The number of hydrogen-bond acceptors (Lipinski definition) is 28. The Kier molecular flexibility index (Phi) is 44.2. The Labute approximate surface area is 820 Å². The molecule has 0 bridgehead atoms. The summed E-state index contributed by atoms with van der Waals surface area (Å²) >= 11 is 0. The van der Waals surface area contributed by atoms with Crippen molar-refractivity contribution in [2.45, 2.75) is 108 Å². The number of carboxylic acid groups (broad SMARTS) is 1. The summed E-state index contributed by atoms with van der Waals surface area (Å²) in [6.45, 7) is 28.9. The monoisotopic (exact) mass is 1980 g/mol. The average Bonchev–Trinajstić information content (AvgIpc) is 0.779. The zero-order chi connectivity index (χ0) is 105. The molecule has 3 fully saturated rings. The number of hydrogen-bond donors (Lipinski definition) is 6. The lowest BCUT2D eigenvalue weighted by atomic mass is 9.95. The van der Waals surface area contributed by atoms with Crippen LogP contribution in [0.25, 0.3) is 45.0 Å². The largest absolute Gasteiger partial charge is 0.478 e. The molecule has 8 heterocycles. The van der Waals surface area contributed by atoms with E-state index in [0.717, 1.165) is 5.56 Å². The van der Waals surface area contributed by atoms with Crippen molar-refractivity contribution >= 4 is 77.7 Å². The van der Waals surface area contributed by atoms with Crippen molar-refractivity contribution in [1.29, 1.82) is 0 Å². The third kappa shape index (κ3) is 32.5. The first-order chi connectivity index (χ1) is 68.5. The molecule has 0 aliphatic carbocycles. The normalized spacial score (nSPS) is 13.4. The number of carboxylic acids is 1.